The number of rotatable bonds is 3. The molecule has 1 aromatic heterocycles. The van der Waals surface area contributed by atoms with Crippen LogP contribution in [0.3, 0.4) is 0 Å². The Bertz CT molecular complexity index is 836. The number of aryl methyl sites for hydroxylation is 1. The van der Waals surface area contributed by atoms with Crippen molar-refractivity contribution in [1.82, 2.24) is 9.55 Å². The first kappa shape index (κ1) is 20.5. The number of nitrogens with zero attached hydrogens (tertiary/aromatic N) is 3. The van der Waals surface area contributed by atoms with E-state index in [1.807, 2.05) is 19.9 Å². The number of carbonyl (C=O) groups is 1. The summed E-state index contributed by atoms with van der Waals surface area (Å²) < 4.78 is 2.23. The van der Waals surface area contributed by atoms with Crippen molar-refractivity contribution in [2.24, 2.45) is 5.41 Å². The molecule has 1 aliphatic carbocycles. The Balaban J connectivity index is 0.000000232. The number of halogens is 1. The van der Waals surface area contributed by atoms with Crippen molar-refractivity contribution in [3.05, 3.63) is 28.5 Å². The van der Waals surface area contributed by atoms with Crippen LogP contribution in [0.5, 0.6) is 0 Å². The largest absolute Gasteiger partial charge is 0.325 e. The molecule has 5 heteroatoms. The lowest BCUT2D eigenvalue weighted by Gasteiger charge is -2.28. The zero-order chi connectivity index (χ0) is 19.5. The molecule has 0 spiro atoms. The molecule has 4 nitrogen and oxygen atoms in total. The van der Waals surface area contributed by atoms with Gasteiger partial charge in [0.2, 0.25) is 0 Å². The average Bonchev–Trinajstić information content (AvgIpc) is 2.82. The molecule has 2 aromatic rings. The summed E-state index contributed by atoms with van der Waals surface area (Å²) in [4.78, 5) is 15.3. The predicted octanol–water partition coefficient (Wildman–Crippen LogP) is 6.00. The molecule has 140 valence electrons. The zero-order valence-electron chi connectivity index (χ0n) is 16.4. The number of hydrogen-bond acceptors (Lipinski definition) is 3. The highest BCUT2D eigenvalue weighted by Crippen LogP contribution is 2.37. The van der Waals surface area contributed by atoms with Crippen molar-refractivity contribution >= 4 is 28.4 Å². The van der Waals surface area contributed by atoms with E-state index in [1.165, 1.54) is 19.3 Å². The second-order valence-electron chi connectivity index (χ2n) is 8.18. The van der Waals surface area contributed by atoms with Gasteiger partial charge in [-0.05, 0) is 43.7 Å². The van der Waals surface area contributed by atoms with E-state index in [0.717, 1.165) is 16.9 Å². The van der Waals surface area contributed by atoms with Gasteiger partial charge in [-0.25, -0.2) is 4.98 Å². The van der Waals surface area contributed by atoms with Crippen LogP contribution in [-0.4, -0.2) is 15.3 Å². The van der Waals surface area contributed by atoms with E-state index in [2.05, 4.69) is 36.4 Å². The maximum Gasteiger partial charge on any atom is 0.133 e. The highest BCUT2D eigenvalue weighted by atomic mass is 35.5. The number of ketones is 1. The summed E-state index contributed by atoms with van der Waals surface area (Å²) in [5.41, 5.74) is 2.59. The van der Waals surface area contributed by atoms with Crippen LogP contribution >= 0.6 is 11.6 Å². The van der Waals surface area contributed by atoms with Crippen LogP contribution in [0, 0.1) is 23.7 Å². The Kier molecular flexibility index (Phi) is 6.47. The Morgan fingerprint density at radius 3 is 2.46 bits per heavy atom. The van der Waals surface area contributed by atoms with Gasteiger partial charge in [-0.1, -0.05) is 39.3 Å². The van der Waals surface area contributed by atoms with Crippen LogP contribution in [-0.2, 0) is 4.79 Å². The molecule has 0 amide bonds. The van der Waals surface area contributed by atoms with Crippen molar-refractivity contribution in [3.8, 4) is 6.07 Å². The van der Waals surface area contributed by atoms with Crippen molar-refractivity contribution in [2.75, 3.05) is 0 Å². The van der Waals surface area contributed by atoms with Gasteiger partial charge in [0.25, 0.3) is 0 Å². The van der Waals surface area contributed by atoms with E-state index in [0.29, 0.717) is 35.3 Å². The molecule has 0 N–H and O–H groups in total. The van der Waals surface area contributed by atoms with Gasteiger partial charge in [-0.3, -0.25) is 4.79 Å². The standard InChI is InChI=1S/C13H12ClN3.C8H16O/c1-8-16-13-11(14)5-9(7-15)6-12(13)17(8)10-3-2-4-10;1-5-7(9)6-8(2,3)4/h5-6,10H,2-4H2,1H3;5-6H2,1-4H3. The summed E-state index contributed by atoms with van der Waals surface area (Å²) in [5, 5.41) is 9.56. The number of Topliss-reactive ketones (excluding diaryl/α,β-unsaturated/α-hetero) is 1. The van der Waals surface area contributed by atoms with Crippen molar-refractivity contribution < 1.29 is 4.79 Å². The van der Waals surface area contributed by atoms with Gasteiger partial charge in [-0.15, -0.1) is 0 Å². The van der Waals surface area contributed by atoms with Gasteiger partial charge in [0.1, 0.15) is 17.1 Å². The number of hydrogen-bond donors (Lipinski definition) is 0. The minimum absolute atomic E-state index is 0.174. The second-order valence-corrected chi connectivity index (χ2v) is 8.59. The SMILES string of the molecule is CCC(=O)CC(C)(C)C.Cc1nc2c(Cl)cc(C#N)cc2n1C1CCC1. The molecule has 26 heavy (non-hydrogen) atoms. The van der Waals surface area contributed by atoms with Gasteiger partial charge in [0.05, 0.1) is 22.2 Å². The Morgan fingerprint density at radius 1 is 1.38 bits per heavy atom. The summed E-state index contributed by atoms with van der Waals surface area (Å²) >= 11 is 6.17. The molecular formula is C21H28ClN3O. The first-order chi connectivity index (χ1) is 12.2. The number of imidazole rings is 1. The molecule has 1 saturated carbocycles. The normalized spacial score (nSPS) is 14.3. The fourth-order valence-corrected chi connectivity index (χ4v) is 3.41. The molecule has 0 unspecified atom stereocenters. The predicted molar refractivity (Wildman–Crippen MR) is 106 cm³/mol. The van der Waals surface area contributed by atoms with Gasteiger partial charge in [-0.2, -0.15) is 5.26 Å². The van der Waals surface area contributed by atoms with Gasteiger partial charge in [0.15, 0.2) is 0 Å². The maximum atomic E-state index is 10.8. The van der Waals surface area contributed by atoms with Crippen LogP contribution in [0.15, 0.2) is 12.1 Å². The third-order valence-corrected chi connectivity index (χ3v) is 4.90. The van der Waals surface area contributed by atoms with Gasteiger partial charge >= 0.3 is 0 Å². The number of aromatic nitrogens is 2. The molecule has 1 aromatic carbocycles. The van der Waals surface area contributed by atoms with Gasteiger partial charge in [0, 0.05) is 18.9 Å². The second kappa shape index (κ2) is 8.22. The molecule has 0 aliphatic heterocycles. The Hall–Kier alpha value is -1.86. The Morgan fingerprint density at radius 2 is 2.04 bits per heavy atom. The molecule has 1 fully saturated rings. The summed E-state index contributed by atoms with van der Waals surface area (Å²) in [6, 6.07) is 6.25. The summed E-state index contributed by atoms with van der Waals surface area (Å²) in [6.07, 6.45) is 5.05. The summed E-state index contributed by atoms with van der Waals surface area (Å²) in [7, 11) is 0. The molecule has 0 saturated heterocycles. The molecular weight excluding hydrogens is 346 g/mol. The molecule has 0 radical (unpaired) electrons. The molecule has 3 rings (SSSR count). The zero-order valence-corrected chi connectivity index (χ0v) is 17.2. The number of benzene rings is 1. The first-order valence-corrected chi connectivity index (χ1v) is 9.64. The maximum absolute atomic E-state index is 10.8. The third kappa shape index (κ3) is 4.86. The topological polar surface area (TPSA) is 58.7 Å². The quantitative estimate of drug-likeness (QED) is 0.663. The van der Waals surface area contributed by atoms with Crippen LogP contribution in [0.25, 0.3) is 11.0 Å². The first-order valence-electron chi connectivity index (χ1n) is 9.26. The fourth-order valence-electron chi connectivity index (χ4n) is 3.16. The lowest BCUT2D eigenvalue weighted by molar-refractivity contribution is -0.120. The van der Waals surface area contributed by atoms with Crippen molar-refractivity contribution in [2.45, 2.75) is 72.8 Å². The number of carbonyl (C=O) groups excluding carboxylic acids is 1. The third-order valence-electron chi connectivity index (χ3n) is 4.62. The highest BCUT2D eigenvalue weighted by molar-refractivity contribution is 6.35. The van der Waals surface area contributed by atoms with E-state index in [-0.39, 0.29) is 5.41 Å². The van der Waals surface area contributed by atoms with Crippen molar-refractivity contribution in [1.29, 1.82) is 5.26 Å². The number of fused-ring (bicyclic) bond motifs is 1. The lowest BCUT2D eigenvalue weighted by Crippen LogP contribution is -2.17. The summed E-state index contributed by atoms with van der Waals surface area (Å²) in [6.45, 7) is 10.2. The fraction of sp³-hybridized carbons (Fsp3) is 0.571. The molecule has 1 heterocycles. The van der Waals surface area contributed by atoms with Crippen molar-refractivity contribution in [3.63, 3.8) is 0 Å². The summed E-state index contributed by atoms with van der Waals surface area (Å²) in [5.74, 6) is 1.35. The van der Waals surface area contributed by atoms with E-state index < -0.39 is 0 Å². The van der Waals surface area contributed by atoms with Crippen LogP contribution in [0.2, 0.25) is 5.02 Å². The van der Waals surface area contributed by atoms with E-state index in [4.69, 9.17) is 16.9 Å². The van der Waals surface area contributed by atoms with E-state index >= 15 is 0 Å². The molecule has 0 bridgehead atoms. The monoisotopic (exact) mass is 373 g/mol. The molecule has 1 aliphatic rings. The van der Waals surface area contributed by atoms with Crippen LogP contribution in [0.1, 0.15) is 77.2 Å². The minimum Gasteiger partial charge on any atom is -0.325 e. The lowest BCUT2D eigenvalue weighted by atomic mass is 9.89. The minimum atomic E-state index is 0.174. The average molecular weight is 374 g/mol. The van der Waals surface area contributed by atoms with Crippen LogP contribution < -0.4 is 0 Å². The molecule has 0 atom stereocenters. The van der Waals surface area contributed by atoms with E-state index in [1.54, 1.807) is 6.07 Å². The van der Waals surface area contributed by atoms with E-state index in [9.17, 15) is 4.79 Å². The van der Waals surface area contributed by atoms with Crippen LogP contribution in [0.4, 0.5) is 0 Å². The number of nitriles is 1. The highest BCUT2D eigenvalue weighted by Gasteiger charge is 2.24. The Labute approximate surface area is 161 Å². The smallest absolute Gasteiger partial charge is 0.133 e. The van der Waals surface area contributed by atoms with Gasteiger partial charge < -0.3 is 4.57 Å².